The molecule has 2 amide bonds. The van der Waals surface area contributed by atoms with E-state index in [1.807, 2.05) is 18.7 Å². The van der Waals surface area contributed by atoms with Crippen LogP contribution in [-0.2, 0) is 9.59 Å². The van der Waals surface area contributed by atoms with E-state index in [1.54, 1.807) is 0 Å². The van der Waals surface area contributed by atoms with Crippen molar-refractivity contribution in [2.75, 3.05) is 19.6 Å². The lowest BCUT2D eigenvalue weighted by Crippen LogP contribution is -2.43. The van der Waals surface area contributed by atoms with Gasteiger partial charge in [0.2, 0.25) is 11.8 Å². The zero-order valence-electron chi connectivity index (χ0n) is 20.3. The maximum atomic E-state index is 12.3. The number of H-pyrrole nitrogens is 1. The summed E-state index contributed by atoms with van der Waals surface area (Å²) in [5.74, 6) is 0.642. The molecule has 174 valence electrons. The molecule has 0 radical (unpaired) electrons. The van der Waals surface area contributed by atoms with Crippen molar-refractivity contribution in [1.82, 2.24) is 20.2 Å². The van der Waals surface area contributed by atoms with Gasteiger partial charge in [-0.25, -0.2) is 0 Å². The Morgan fingerprint density at radius 3 is 2.39 bits per heavy atom. The third-order valence-electron chi connectivity index (χ3n) is 6.62. The van der Waals surface area contributed by atoms with Crippen molar-refractivity contribution in [2.24, 2.45) is 0 Å². The van der Waals surface area contributed by atoms with E-state index in [9.17, 15) is 9.59 Å². The predicted octanol–water partition coefficient (Wildman–Crippen LogP) is 4.81. The normalized spacial score (nSPS) is 14.8. The molecule has 0 aliphatic carbocycles. The average Bonchev–Trinajstić information content (AvgIpc) is 3.16. The third-order valence-corrected chi connectivity index (χ3v) is 6.62. The molecule has 0 unspecified atom stereocenters. The lowest BCUT2D eigenvalue weighted by Gasteiger charge is -2.32. The number of hydrogen-bond donors (Lipinski definition) is 2. The molecular formula is C27H34N4O2. The molecule has 1 aromatic carbocycles. The Labute approximate surface area is 195 Å². The molecule has 1 aliphatic rings. The summed E-state index contributed by atoms with van der Waals surface area (Å²) in [6, 6.07) is 11.1. The summed E-state index contributed by atoms with van der Waals surface area (Å²) in [5, 5.41) is 3.89. The van der Waals surface area contributed by atoms with Crippen LogP contribution < -0.4 is 5.32 Å². The zero-order chi connectivity index (χ0) is 23.7. The van der Waals surface area contributed by atoms with Gasteiger partial charge in [0.25, 0.3) is 0 Å². The van der Waals surface area contributed by atoms with E-state index in [-0.39, 0.29) is 18.4 Å². The van der Waals surface area contributed by atoms with E-state index in [4.69, 9.17) is 0 Å². The van der Waals surface area contributed by atoms with Gasteiger partial charge in [-0.15, -0.1) is 0 Å². The smallest absolute Gasteiger partial charge is 0.241 e. The molecule has 1 fully saturated rings. The van der Waals surface area contributed by atoms with Gasteiger partial charge in [-0.05, 0) is 73.9 Å². The van der Waals surface area contributed by atoms with Crippen LogP contribution in [0.4, 0.5) is 0 Å². The first-order chi connectivity index (χ1) is 15.7. The van der Waals surface area contributed by atoms with E-state index < -0.39 is 0 Å². The highest BCUT2D eigenvalue weighted by Crippen LogP contribution is 2.38. The van der Waals surface area contributed by atoms with Crippen LogP contribution in [0.3, 0.4) is 0 Å². The molecule has 2 N–H and O–H groups in total. The molecule has 2 aromatic heterocycles. The first-order valence-corrected chi connectivity index (χ1v) is 11.9. The standard InChI is InChI=1S/C27H34N4O2/c1-16(2)26-23-14-21(20-8-10-31(11-9-20)25(33)15-28-19(5)32)6-7-24(23)30-27(26)22-12-17(3)29-18(4)13-22/h6-7,12-14,16,20,30H,8-11,15H2,1-5H3,(H,28,32). The Bertz CT molecular complexity index is 1170. The van der Waals surface area contributed by atoms with E-state index in [1.165, 1.54) is 34.7 Å². The number of carbonyl (C=O) groups excluding carboxylic acids is 2. The first-order valence-electron chi connectivity index (χ1n) is 11.9. The molecule has 0 bridgehead atoms. The highest BCUT2D eigenvalue weighted by molar-refractivity contribution is 5.92. The second-order valence-corrected chi connectivity index (χ2v) is 9.58. The number of rotatable bonds is 5. The van der Waals surface area contributed by atoms with Crippen LogP contribution >= 0.6 is 0 Å². The fourth-order valence-electron chi connectivity index (χ4n) is 5.06. The minimum absolute atomic E-state index is 0.000546. The predicted molar refractivity (Wildman–Crippen MR) is 132 cm³/mol. The largest absolute Gasteiger partial charge is 0.354 e. The second kappa shape index (κ2) is 9.38. The molecule has 1 saturated heterocycles. The number of carbonyl (C=O) groups is 2. The van der Waals surface area contributed by atoms with Crippen molar-refractivity contribution in [1.29, 1.82) is 0 Å². The van der Waals surface area contributed by atoms with Crippen molar-refractivity contribution in [3.8, 4) is 11.3 Å². The molecule has 3 aromatic rings. The molecule has 6 heteroatoms. The van der Waals surface area contributed by atoms with Gasteiger partial charge in [0.15, 0.2) is 0 Å². The number of piperidine rings is 1. The Balaban J connectivity index is 1.59. The van der Waals surface area contributed by atoms with Crippen molar-refractivity contribution in [3.63, 3.8) is 0 Å². The number of aromatic amines is 1. The Morgan fingerprint density at radius 1 is 1.12 bits per heavy atom. The SMILES string of the molecule is CC(=O)NCC(=O)N1CCC(c2ccc3[nH]c(-c4cc(C)nc(C)c4)c(C(C)C)c3c2)CC1. The molecule has 0 atom stereocenters. The number of benzene rings is 1. The van der Waals surface area contributed by atoms with E-state index in [0.29, 0.717) is 11.8 Å². The average molecular weight is 447 g/mol. The summed E-state index contributed by atoms with van der Waals surface area (Å²) in [4.78, 5) is 33.5. The van der Waals surface area contributed by atoms with Crippen LogP contribution in [0.15, 0.2) is 30.3 Å². The highest BCUT2D eigenvalue weighted by Gasteiger charge is 2.25. The van der Waals surface area contributed by atoms with Crippen molar-refractivity contribution in [3.05, 3.63) is 52.8 Å². The van der Waals surface area contributed by atoms with Gasteiger partial charge in [0, 0.05) is 47.9 Å². The molecule has 1 aliphatic heterocycles. The number of hydrogen-bond acceptors (Lipinski definition) is 3. The Hall–Kier alpha value is -3.15. The van der Waals surface area contributed by atoms with E-state index in [0.717, 1.165) is 42.8 Å². The molecule has 0 spiro atoms. The number of nitrogens with one attached hydrogen (secondary N) is 2. The van der Waals surface area contributed by atoms with Crippen molar-refractivity contribution < 1.29 is 9.59 Å². The quantitative estimate of drug-likeness (QED) is 0.590. The first kappa shape index (κ1) is 23.0. The number of pyridine rings is 1. The highest BCUT2D eigenvalue weighted by atomic mass is 16.2. The molecule has 33 heavy (non-hydrogen) atoms. The maximum Gasteiger partial charge on any atom is 0.241 e. The van der Waals surface area contributed by atoms with Crippen LogP contribution in [-0.4, -0.2) is 46.3 Å². The number of aromatic nitrogens is 2. The lowest BCUT2D eigenvalue weighted by atomic mass is 9.87. The second-order valence-electron chi connectivity index (χ2n) is 9.58. The number of amides is 2. The molecule has 0 saturated carbocycles. The minimum atomic E-state index is -0.171. The fraction of sp³-hybridized carbons (Fsp3) is 0.444. The van der Waals surface area contributed by atoms with E-state index in [2.05, 4.69) is 59.5 Å². The Kier molecular flexibility index (Phi) is 6.54. The van der Waals surface area contributed by atoms with Crippen LogP contribution in [0.2, 0.25) is 0 Å². The molecular weight excluding hydrogens is 412 g/mol. The van der Waals surface area contributed by atoms with E-state index >= 15 is 0 Å². The molecule has 6 nitrogen and oxygen atoms in total. The number of fused-ring (bicyclic) bond motifs is 1. The third kappa shape index (κ3) is 4.95. The maximum absolute atomic E-state index is 12.3. The summed E-state index contributed by atoms with van der Waals surface area (Å²) in [6.07, 6.45) is 1.88. The van der Waals surface area contributed by atoms with Crippen LogP contribution in [0, 0.1) is 13.8 Å². The van der Waals surface area contributed by atoms with Crippen molar-refractivity contribution in [2.45, 2.75) is 59.3 Å². The molecule has 3 heterocycles. The van der Waals surface area contributed by atoms with Crippen molar-refractivity contribution >= 4 is 22.7 Å². The number of nitrogens with zero attached hydrogens (tertiary/aromatic N) is 2. The zero-order valence-corrected chi connectivity index (χ0v) is 20.3. The van der Waals surface area contributed by atoms with Crippen LogP contribution in [0.1, 0.15) is 68.0 Å². The summed E-state index contributed by atoms with van der Waals surface area (Å²) >= 11 is 0. The van der Waals surface area contributed by atoms with Gasteiger partial charge >= 0.3 is 0 Å². The van der Waals surface area contributed by atoms with Crippen LogP contribution in [0.5, 0.6) is 0 Å². The fourth-order valence-corrected chi connectivity index (χ4v) is 5.06. The summed E-state index contributed by atoms with van der Waals surface area (Å²) in [5.41, 5.74) is 8.27. The Morgan fingerprint density at radius 2 is 1.79 bits per heavy atom. The lowest BCUT2D eigenvalue weighted by molar-refractivity contribution is -0.133. The summed E-state index contributed by atoms with van der Waals surface area (Å²) in [7, 11) is 0. The molecule has 4 rings (SSSR count). The van der Waals surface area contributed by atoms with Crippen LogP contribution in [0.25, 0.3) is 22.2 Å². The minimum Gasteiger partial charge on any atom is -0.354 e. The number of likely N-dealkylation sites (tertiary alicyclic amines) is 1. The van der Waals surface area contributed by atoms with Gasteiger partial charge in [-0.3, -0.25) is 14.6 Å². The summed E-state index contributed by atoms with van der Waals surface area (Å²) in [6.45, 7) is 11.6. The van der Waals surface area contributed by atoms with Gasteiger partial charge < -0.3 is 15.2 Å². The van der Waals surface area contributed by atoms with Gasteiger partial charge in [-0.1, -0.05) is 19.9 Å². The van der Waals surface area contributed by atoms with Gasteiger partial charge in [0.05, 0.1) is 12.2 Å². The topological polar surface area (TPSA) is 78.1 Å². The monoisotopic (exact) mass is 446 g/mol. The number of aryl methyl sites for hydroxylation is 2. The van der Waals surface area contributed by atoms with Gasteiger partial charge in [0.1, 0.15) is 0 Å². The van der Waals surface area contributed by atoms with Gasteiger partial charge in [-0.2, -0.15) is 0 Å². The summed E-state index contributed by atoms with van der Waals surface area (Å²) < 4.78 is 0.